The molecule has 5 aromatic rings. The summed E-state index contributed by atoms with van der Waals surface area (Å²) < 4.78 is 8.87. The summed E-state index contributed by atoms with van der Waals surface area (Å²) in [6.45, 7) is 12.0. The molecule has 1 N–H and O–H groups in total. The third kappa shape index (κ3) is 6.17. The van der Waals surface area contributed by atoms with Crippen molar-refractivity contribution >= 4 is 50.3 Å². The van der Waals surface area contributed by atoms with Gasteiger partial charge in [0.1, 0.15) is 16.2 Å². The summed E-state index contributed by atoms with van der Waals surface area (Å²) in [6, 6.07) is 10.2. The number of nitrogens with zero attached hydrogens (tertiary/aromatic N) is 6. The summed E-state index contributed by atoms with van der Waals surface area (Å²) in [6.07, 6.45) is 5.36. The van der Waals surface area contributed by atoms with Gasteiger partial charge in [0.15, 0.2) is 11.8 Å². The molecule has 0 spiro atoms. The largest absolute Gasteiger partial charge is 0.479 e. The summed E-state index contributed by atoms with van der Waals surface area (Å²) in [5.74, 6) is 0.141. The molecule has 3 aromatic heterocycles. The molecule has 1 aliphatic heterocycles. The van der Waals surface area contributed by atoms with Gasteiger partial charge in [-0.1, -0.05) is 30.7 Å². The zero-order chi connectivity index (χ0) is 33.2. The SMILES string of the molecule is Cc1cc2nc(-c3cnc4c(n3)c(C3CCN([C@H]5C[C@@H](C)C5)CC3)nn4C)sc2c(-c2ccc(Cl)cc2)c1[C@H](OC(C)(C)C)C(=O)O. The van der Waals surface area contributed by atoms with Crippen LogP contribution < -0.4 is 0 Å². The number of benzene rings is 2. The fraction of sp³-hybridized carbons (Fsp3) is 0.472. The topological polar surface area (TPSA) is 106 Å². The minimum atomic E-state index is -1.18. The van der Waals surface area contributed by atoms with Crippen LogP contribution in [-0.2, 0) is 16.6 Å². The van der Waals surface area contributed by atoms with Gasteiger partial charge >= 0.3 is 5.97 Å². The average Bonchev–Trinajstić information content (AvgIpc) is 3.58. The van der Waals surface area contributed by atoms with Crippen LogP contribution in [0.5, 0.6) is 0 Å². The van der Waals surface area contributed by atoms with Crippen molar-refractivity contribution in [1.29, 1.82) is 0 Å². The number of carbonyl (C=O) groups is 1. The molecule has 9 nitrogen and oxygen atoms in total. The fourth-order valence-corrected chi connectivity index (χ4v) is 8.48. The molecule has 2 aromatic carbocycles. The van der Waals surface area contributed by atoms with Crippen molar-refractivity contribution in [3.63, 3.8) is 0 Å². The molecule has 0 amide bonds. The first-order valence-electron chi connectivity index (χ1n) is 16.4. The van der Waals surface area contributed by atoms with E-state index in [0.29, 0.717) is 27.2 Å². The van der Waals surface area contributed by atoms with Crippen molar-refractivity contribution in [2.24, 2.45) is 13.0 Å². The number of carboxylic acid groups (broad SMARTS) is 1. The van der Waals surface area contributed by atoms with Crippen molar-refractivity contribution < 1.29 is 14.6 Å². The number of likely N-dealkylation sites (tertiary alicyclic amines) is 1. The van der Waals surface area contributed by atoms with Gasteiger partial charge in [-0.25, -0.2) is 24.4 Å². The summed E-state index contributed by atoms with van der Waals surface area (Å²) in [5.41, 5.74) is 6.39. The molecule has 11 heteroatoms. The molecule has 1 atom stereocenters. The van der Waals surface area contributed by atoms with Gasteiger partial charge in [0.2, 0.25) is 0 Å². The highest BCUT2D eigenvalue weighted by Crippen LogP contribution is 2.45. The summed E-state index contributed by atoms with van der Waals surface area (Å²) in [7, 11) is 1.93. The molecule has 1 saturated carbocycles. The second-order valence-electron chi connectivity index (χ2n) is 14.3. The monoisotopic (exact) mass is 672 g/mol. The molecule has 2 aliphatic rings. The fourth-order valence-electron chi connectivity index (χ4n) is 7.27. The van der Waals surface area contributed by atoms with Crippen LogP contribution in [0.3, 0.4) is 0 Å². The molecule has 0 unspecified atom stereocenters. The molecule has 2 fully saturated rings. The number of aromatic nitrogens is 5. The Kier molecular flexibility index (Phi) is 8.35. The smallest absolute Gasteiger partial charge is 0.337 e. The van der Waals surface area contributed by atoms with E-state index in [9.17, 15) is 9.90 Å². The van der Waals surface area contributed by atoms with Crippen LogP contribution in [0.15, 0.2) is 36.5 Å². The van der Waals surface area contributed by atoms with Crippen molar-refractivity contribution in [3.05, 3.63) is 58.4 Å². The van der Waals surface area contributed by atoms with Crippen LogP contribution in [0.4, 0.5) is 0 Å². The highest BCUT2D eigenvalue weighted by atomic mass is 35.5. The van der Waals surface area contributed by atoms with Crippen LogP contribution in [-0.4, -0.2) is 65.4 Å². The van der Waals surface area contributed by atoms with Crippen molar-refractivity contribution in [2.45, 2.75) is 84.0 Å². The number of aryl methyl sites for hydroxylation is 2. The highest BCUT2D eigenvalue weighted by Gasteiger charge is 2.35. The Morgan fingerprint density at radius 1 is 1.13 bits per heavy atom. The first-order valence-corrected chi connectivity index (χ1v) is 17.6. The van der Waals surface area contributed by atoms with Gasteiger partial charge in [-0.15, -0.1) is 11.3 Å². The predicted molar refractivity (Wildman–Crippen MR) is 187 cm³/mol. The average molecular weight is 673 g/mol. The lowest BCUT2D eigenvalue weighted by atomic mass is 9.79. The van der Waals surface area contributed by atoms with Gasteiger partial charge < -0.3 is 14.7 Å². The number of piperidine rings is 1. The highest BCUT2D eigenvalue weighted by molar-refractivity contribution is 7.22. The number of carboxylic acids is 1. The van der Waals surface area contributed by atoms with E-state index < -0.39 is 17.7 Å². The Labute approximate surface area is 284 Å². The Balaban J connectivity index is 1.31. The Morgan fingerprint density at radius 3 is 2.47 bits per heavy atom. The second-order valence-corrected chi connectivity index (χ2v) is 15.7. The first kappa shape index (κ1) is 32.1. The third-order valence-corrected chi connectivity index (χ3v) is 10.9. The molecule has 4 heterocycles. The second kappa shape index (κ2) is 12.2. The normalized spacial score (nSPS) is 20.1. The van der Waals surface area contributed by atoms with Gasteiger partial charge in [0.25, 0.3) is 0 Å². The van der Waals surface area contributed by atoms with Crippen LogP contribution in [0.25, 0.3) is 43.2 Å². The lowest BCUT2D eigenvalue weighted by Crippen LogP contribution is -2.47. The maximum Gasteiger partial charge on any atom is 0.337 e. The van der Waals surface area contributed by atoms with E-state index in [-0.39, 0.29) is 0 Å². The number of hydrogen-bond acceptors (Lipinski definition) is 8. The molecule has 0 radical (unpaired) electrons. The number of rotatable bonds is 7. The molecular formula is C36H41ClN6O3S. The molecule has 246 valence electrons. The van der Waals surface area contributed by atoms with Crippen molar-refractivity contribution in [1.82, 2.24) is 29.6 Å². The van der Waals surface area contributed by atoms with E-state index in [0.717, 1.165) is 81.7 Å². The molecule has 1 saturated heterocycles. The molecule has 47 heavy (non-hydrogen) atoms. The first-order chi connectivity index (χ1) is 22.4. The Morgan fingerprint density at radius 2 is 1.83 bits per heavy atom. The number of ether oxygens (including phenoxy) is 1. The van der Waals surface area contributed by atoms with E-state index >= 15 is 0 Å². The van der Waals surface area contributed by atoms with Gasteiger partial charge in [-0.3, -0.25) is 0 Å². The Bertz CT molecular complexity index is 1970. The number of aliphatic carboxylic acids is 1. The minimum absolute atomic E-state index is 0.338. The van der Waals surface area contributed by atoms with Crippen molar-refractivity contribution in [3.8, 4) is 21.8 Å². The van der Waals surface area contributed by atoms with Crippen molar-refractivity contribution in [2.75, 3.05) is 13.1 Å². The molecule has 7 rings (SSSR count). The maximum atomic E-state index is 12.7. The van der Waals surface area contributed by atoms with E-state index in [1.165, 1.54) is 24.2 Å². The van der Waals surface area contributed by atoms with E-state index in [2.05, 4.69) is 11.8 Å². The molecular weight excluding hydrogens is 632 g/mol. The third-order valence-electron chi connectivity index (χ3n) is 9.58. The zero-order valence-electron chi connectivity index (χ0n) is 27.7. The van der Waals surface area contributed by atoms with Crippen LogP contribution in [0, 0.1) is 12.8 Å². The van der Waals surface area contributed by atoms with E-state index in [1.54, 1.807) is 6.20 Å². The summed E-state index contributed by atoms with van der Waals surface area (Å²) >= 11 is 7.76. The Hall–Kier alpha value is -3.44. The zero-order valence-corrected chi connectivity index (χ0v) is 29.3. The number of halogens is 1. The van der Waals surface area contributed by atoms with Gasteiger partial charge in [0.05, 0.1) is 27.7 Å². The maximum absolute atomic E-state index is 12.7. The van der Waals surface area contributed by atoms with E-state index in [4.69, 9.17) is 36.4 Å². The lowest BCUT2D eigenvalue weighted by molar-refractivity contribution is -0.160. The van der Waals surface area contributed by atoms with Crippen LogP contribution in [0.2, 0.25) is 5.02 Å². The van der Waals surface area contributed by atoms with Gasteiger partial charge in [-0.2, -0.15) is 5.10 Å². The van der Waals surface area contributed by atoms with E-state index in [1.807, 2.05) is 69.8 Å². The quantitative estimate of drug-likeness (QED) is 0.184. The van der Waals surface area contributed by atoms with Crippen LogP contribution in [0.1, 0.15) is 82.2 Å². The number of hydrogen-bond donors (Lipinski definition) is 1. The van der Waals surface area contributed by atoms with Gasteiger partial charge in [0, 0.05) is 35.2 Å². The number of thiazole rings is 1. The summed E-state index contributed by atoms with van der Waals surface area (Å²) in [5, 5.41) is 16.7. The molecule has 0 bridgehead atoms. The summed E-state index contributed by atoms with van der Waals surface area (Å²) in [4.78, 5) is 30.4. The van der Waals surface area contributed by atoms with Crippen LogP contribution >= 0.6 is 22.9 Å². The number of fused-ring (bicyclic) bond motifs is 2. The van der Waals surface area contributed by atoms with Gasteiger partial charge in [-0.05, 0) is 102 Å². The standard InChI is InChI=1S/C36H41ClN6O3S/c1-19-15-24(16-19)43-13-11-22(12-14-43)29-30-33(42(6)41-29)38-18-26(39-30)34-40-25-17-20(2)27(31(35(44)45)46-36(3,4)5)28(32(25)47-34)21-7-9-23(37)10-8-21/h7-10,17-19,22,24,31H,11-16H2,1-6H3,(H,44,45)/t19-,24+,31-/m0/s1. The predicted octanol–water partition coefficient (Wildman–Crippen LogP) is 8.19. The lowest BCUT2D eigenvalue weighted by Gasteiger charge is -2.44. The molecule has 1 aliphatic carbocycles. The minimum Gasteiger partial charge on any atom is -0.479 e.